The fourth-order valence-electron chi connectivity index (χ4n) is 10.4. The van der Waals surface area contributed by atoms with E-state index in [0.717, 1.165) is 55.0 Å². The molecule has 2 heterocycles. The van der Waals surface area contributed by atoms with Crippen molar-refractivity contribution in [3.05, 3.63) is 193 Å². The van der Waals surface area contributed by atoms with E-state index in [1.807, 2.05) is 18.2 Å². The Hall–Kier alpha value is -7.42. The van der Waals surface area contributed by atoms with E-state index in [-0.39, 0.29) is 5.41 Å². The SMILES string of the molecule is CC1(C)c2ccccc2-c2c(-c3ccc4c5ccc(-c6cccc(-c7ccc8oc9c(ccc%10c%11ccccc%11oc%109)c8c7)c6)cc5c5ccccc5c4c3)cccc21. The molecular formula is C57H36O2. The zero-order valence-electron chi connectivity index (χ0n) is 32.6. The van der Waals surface area contributed by atoms with E-state index in [4.69, 9.17) is 8.83 Å². The van der Waals surface area contributed by atoms with Crippen LogP contribution in [0.2, 0.25) is 0 Å². The van der Waals surface area contributed by atoms with E-state index in [9.17, 15) is 0 Å². The maximum atomic E-state index is 6.46. The Kier molecular flexibility index (Phi) is 6.54. The highest BCUT2D eigenvalue weighted by Crippen LogP contribution is 2.52. The van der Waals surface area contributed by atoms with Crippen molar-refractivity contribution in [2.45, 2.75) is 19.3 Å². The molecule has 2 nitrogen and oxygen atoms in total. The Bertz CT molecular complexity index is 3740. The third-order valence-electron chi connectivity index (χ3n) is 13.3. The Balaban J connectivity index is 0.923. The summed E-state index contributed by atoms with van der Waals surface area (Å²) in [6, 6.07) is 66.7. The number of benzene rings is 10. The molecule has 12 aromatic rings. The quantitative estimate of drug-likeness (QED) is 0.168. The van der Waals surface area contributed by atoms with Gasteiger partial charge in [-0.25, -0.2) is 0 Å². The van der Waals surface area contributed by atoms with Gasteiger partial charge in [-0.15, -0.1) is 0 Å². The van der Waals surface area contributed by atoms with Gasteiger partial charge < -0.3 is 8.83 Å². The second-order valence-electron chi connectivity index (χ2n) is 16.8. The molecule has 59 heavy (non-hydrogen) atoms. The molecule has 2 aromatic heterocycles. The highest BCUT2D eigenvalue weighted by Gasteiger charge is 2.36. The topological polar surface area (TPSA) is 26.3 Å². The third kappa shape index (κ3) is 4.57. The largest absolute Gasteiger partial charge is 0.452 e. The van der Waals surface area contributed by atoms with Crippen LogP contribution in [0.15, 0.2) is 191 Å². The molecule has 0 radical (unpaired) electrons. The summed E-state index contributed by atoms with van der Waals surface area (Å²) in [6.07, 6.45) is 0. The van der Waals surface area contributed by atoms with E-state index in [1.165, 1.54) is 76.8 Å². The minimum Gasteiger partial charge on any atom is -0.452 e. The fourth-order valence-corrected chi connectivity index (χ4v) is 10.4. The van der Waals surface area contributed by atoms with Crippen molar-refractivity contribution in [2.24, 2.45) is 0 Å². The van der Waals surface area contributed by atoms with E-state index in [1.54, 1.807) is 0 Å². The zero-order valence-corrected chi connectivity index (χ0v) is 32.6. The summed E-state index contributed by atoms with van der Waals surface area (Å²) in [5.41, 5.74) is 16.1. The van der Waals surface area contributed by atoms with Gasteiger partial charge in [0, 0.05) is 27.0 Å². The Morgan fingerprint density at radius 3 is 1.53 bits per heavy atom. The van der Waals surface area contributed by atoms with Gasteiger partial charge >= 0.3 is 0 Å². The van der Waals surface area contributed by atoms with Gasteiger partial charge in [-0.3, -0.25) is 0 Å². The van der Waals surface area contributed by atoms with E-state index < -0.39 is 0 Å². The average Bonchev–Trinajstić information content (AvgIpc) is 3.94. The van der Waals surface area contributed by atoms with Crippen molar-refractivity contribution in [3.8, 4) is 44.5 Å². The minimum absolute atomic E-state index is 0.0364. The molecule has 0 saturated heterocycles. The first-order valence-electron chi connectivity index (χ1n) is 20.5. The summed E-state index contributed by atoms with van der Waals surface area (Å²) in [4.78, 5) is 0. The van der Waals surface area contributed by atoms with Crippen molar-refractivity contribution in [2.75, 3.05) is 0 Å². The van der Waals surface area contributed by atoms with E-state index >= 15 is 0 Å². The molecule has 0 aliphatic heterocycles. The van der Waals surface area contributed by atoms with Gasteiger partial charge in [-0.1, -0.05) is 147 Å². The predicted octanol–water partition coefficient (Wildman–Crippen LogP) is 16.3. The second kappa shape index (κ2) is 11.8. The lowest BCUT2D eigenvalue weighted by atomic mass is 9.82. The van der Waals surface area contributed by atoms with Crippen LogP contribution in [0.5, 0.6) is 0 Å². The van der Waals surface area contributed by atoms with Crippen LogP contribution in [0.1, 0.15) is 25.0 Å². The molecule has 0 atom stereocenters. The monoisotopic (exact) mass is 752 g/mol. The molecule has 276 valence electrons. The third-order valence-corrected chi connectivity index (χ3v) is 13.3. The molecule has 0 N–H and O–H groups in total. The molecule has 0 saturated carbocycles. The Labute approximate surface area is 340 Å². The highest BCUT2D eigenvalue weighted by atomic mass is 16.4. The van der Waals surface area contributed by atoms with Crippen molar-refractivity contribution in [1.82, 2.24) is 0 Å². The molecule has 13 rings (SSSR count). The summed E-state index contributed by atoms with van der Waals surface area (Å²) in [6.45, 7) is 4.71. The van der Waals surface area contributed by atoms with Crippen LogP contribution < -0.4 is 0 Å². The van der Waals surface area contributed by atoms with E-state index in [2.05, 4.69) is 178 Å². The molecule has 1 aliphatic rings. The molecule has 0 spiro atoms. The summed E-state index contributed by atoms with van der Waals surface area (Å²) in [7, 11) is 0. The van der Waals surface area contributed by atoms with Crippen LogP contribution >= 0.6 is 0 Å². The predicted molar refractivity (Wildman–Crippen MR) is 247 cm³/mol. The summed E-state index contributed by atoms with van der Waals surface area (Å²) < 4.78 is 12.8. The number of para-hydroxylation sites is 1. The summed E-state index contributed by atoms with van der Waals surface area (Å²) >= 11 is 0. The number of hydrogen-bond donors (Lipinski definition) is 0. The van der Waals surface area contributed by atoms with Gasteiger partial charge in [-0.2, -0.15) is 0 Å². The maximum absolute atomic E-state index is 6.46. The normalized spacial score (nSPS) is 13.4. The summed E-state index contributed by atoms with van der Waals surface area (Å²) in [5.74, 6) is 0. The molecule has 0 unspecified atom stereocenters. The van der Waals surface area contributed by atoms with Crippen LogP contribution in [0.25, 0.3) is 121 Å². The average molecular weight is 753 g/mol. The van der Waals surface area contributed by atoms with Crippen molar-refractivity contribution in [3.63, 3.8) is 0 Å². The van der Waals surface area contributed by atoms with Crippen LogP contribution in [0.3, 0.4) is 0 Å². The van der Waals surface area contributed by atoms with Crippen LogP contribution in [-0.4, -0.2) is 0 Å². The van der Waals surface area contributed by atoms with Gasteiger partial charge in [0.25, 0.3) is 0 Å². The maximum Gasteiger partial charge on any atom is 0.178 e. The molecule has 0 bridgehead atoms. The Morgan fingerprint density at radius 2 is 0.780 bits per heavy atom. The minimum atomic E-state index is -0.0364. The van der Waals surface area contributed by atoms with Gasteiger partial charge in [0.1, 0.15) is 11.2 Å². The number of hydrogen-bond acceptors (Lipinski definition) is 2. The van der Waals surface area contributed by atoms with Crippen LogP contribution in [-0.2, 0) is 5.41 Å². The van der Waals surface area contributed by atoms with Crippen LogP contribution in [0.4, 0.5) is 0 Å². The lowest BCUT2D eigenvalue weighted by Crippen LogP contribution is -2.14. The highest BCUT2D eigenvalue weighted by molar-refractivity contribution is 6.26. The van der Waals surface area contributed by atoms with Crippen molar-refractivity contribution >= 4 is 76.2 Å². The van der Waals surface area contributed by atoms with Gasteiger partial charge in [-0.05, 0) is 136 Å². The molecular weight excluding hydrogens is 717 g/mol. The first kappa shape index (κ1) is 32.6. The molecule has 0 amide bonds. The van der Waals surface area contributed by atoms with Crippen molar-refractivity contribution < 1.29 is 8.83 Å². The van der Waals surface area contributed by atoms with Gasteiger partial charge in [0.2, 0.25) is 0 Å². The van der Waals surface area contributed by atoms with Gasteiger partial charge in [0.05, 0.1) is 0 Å². The lowest BCUT2D eigenvalue weighted by molar-refractivity contribution is 0.633. The Morgan fingerprint density at radius 1 is 0.305 bits per heavy atom. The molecule has 2 heteroatoms. The number of furan rings is 2. The van der Waals surface area contributed by atoms with Crippen LogP contribution in [0, 0.1) is 0 Å². The standard InChI is InChI=1S/C57H36O2/c1-57(2)50-18-7-5-16-46(50)54-38(17-10-19-51(54)57)37-22-25-42-41-24-21-35(30-47(41)39-13-3-4-14-40(39)48(42)32-37)33-11-9-12-34(29-33)36-23-28-53-49(31-36)45-27-26-44-43-15-6-8-20-52(43)58-55(44)56(45)59-53/h3-32H,1-2H3. The van der Waals surface area contributed by atoms with Gasteiger partial charge in [0.15, 0.2) is 11.2 Å². The number of fused-ring (bicyclic) bond motifs is 16. The van der Waals surface area contributed by atoms with Crippen molar-refractivity contribution in [1.29, 1.82) is 0 Å². The first-order chi connectivity index (χ1) is 29.0. The number of rotatable bonds is 3. The van der Waals surface area contributed by atoms with E-state index in [0.29, 0.717) is 0 Å². The first-order valence-corrected chi connectivity index (χ1v) is 20.5. The molecule has 0 fully saturated rings. The fraction of sp³-hybridized carbons (Fsp3) is 0.0526. The summed E-state index contributed by atoms with van der Waals surface area (Å²) in [5, 5.41) is 12.0. The molecule has 1 aliphatic carbocycles. The smallest absolute Gasteiger partial charge is 0.178 e. The zero-order chi connectivity index (χ0) is 39.0. The lowest BCUT2D eigenvalue weighted by Gasteiger charge is -2.21. The molecule has 10 aromatic carbocycles. The second-order valence-corrected chi connectivity index (χ2v) is 16.8.